The van der Waals surface area contributed by atoms with Gasteiger partial charge in [-0.15, -0.1) is 0 Å². The Bertz CT molecular complexity index is 536. The predicted molar refractivity (Wildman–Crippen MR) is 81.1 cm³/mol. The van der Waals surface area contributed by atoms with Gasteiger partial charge in [0.25, 0.3) is 0 Å². The standard InChI is InChI=1S/C18H21N/c1-15-7-9-17(10-8-15)18-6-4-5-16(13-18)14-19-11-2-3-12-19/h4-10,13H,2-3,11-12,14H2,1H3. The minimum absolute atomic E-state index is 1.10. The lowest BCUT2D eigenvalue weighted by molar-refractivity contribution is 0.331. The van der Waals surface area contributed by atoms with Gasteiger partial charge in [0.2, 0.25) is 0 Å². The molecule has 0 bridgehead atoms. The topological polar surface area (TPSA) is 3.24 Å². The van der Waals surface area contributed by atoms with Crippen LogP contribution in [0.5, 0.6) is 0 Å². The third kappa shape index (κ3) is 3.05. The van der Waals surface area contributed by atoms with Crippen LogP contribution in [0.1, 0.15) is 24.0 Å². The van der Waals surface area contributed by atoms with Crippen LogP contribution in [0.4, 0.5) is 0 Å². The van der Waals surface area contributed by atoms with E-state index >= 15 is 0 Å². The molecule has 3 rings (SSSR count). The summed E-state index contributed by atoms with van der Waals surface area (Å²) in [6.45, 7) is 5.75. The van der Waals surface area contributed by atoms with E-state index in [1.165, 1.54) is 48.2 Å². The highest BCUT2D eigenvalue weighted by molar-refractivity contribution is 5.64. The third-order valence-electron chi connectivity index (χ3n) is 3.92. The Morgan fingerprint density at radius 1 is 0.895 bits per heavy atom. The van der Waals surface area contributed by atoms with Gasteiger partial charge in [-0.2, -0.15) is 0 Å². The third-order valence-corrected chi connectivity index (χ3v) is 3.92. The number of hydrogen-bond donors (Lipinski definition) is 0. The largest absolute Gasteiger partial charge is 0.299 e. The second-order valence-corrected chi connectivity index (χ2v) is 5.55. The molecule has 0 atom stereocenters. The highest BCUT2D eigenvalue weighted by Gasteiger charge is 2.11. The molecule has 0 radical (unpaired) electrons. The van der Waals surface area contributed by atoms with Crippen LogP contribution in [0.15, 0.2) is 48.5 Å². The van der Waals surface area contributed by atoms with Crippen LogP contribution >= 0.6 is 0 Å². The number of nitrogens with zero attached hydrogens (tertiary/aromatic N) is 1. The lowest BCUT2D eigenvalue weighted by Gasteiger charge is -2.15. The van der Waals surface area contributed by atoms with Crippen LogP contribution in [0, 0.1) is 6.92 Å². The van der Waals surface area contributed by atoms with Gasteiger partial charge in [0, 0.05) is 6.54 Å². The molecule has 0 N–H and O–H groups in total. The van der Waals surface area contributed by atoms with Gasteiger partial charge in [0.15, 0.2) is 0 Å². The van der Waals surface area contributed by atoms with E-state index in [-0.39, 0.29) is 0 Å². The summed E-state index contributed by atoms with van der Waals surface area (Å²) < 4.78 is 0. The summed E-state index contributed by atoms with van der Waals surface area (Å²) in [5.74, 6) is 0. The molecule has 0 amide bonds. The van der Waals surface area contributed by atoms with Gasteiger partial charge >= 0.3 is 0 Å². The second-order valence-electron chi connectivity index (χ2n) is 5.55. The maximum atomic E-state index is 2.55. The normalized spacial score (nSPS) is 15.8. The zero-order valence-electron chi connectivity index (χ0n) is 11.6. The monoisotopic (exact) mass is 251 g/mol. The lowest BCUT2D eigenvalue weighted by atomic mass is 10.0. The maximum Gasteiger partial charge on any atom is 0.0233 e. The molecule has 0 aromatic heterocycles. The second kappa shape index (κ2) is 5.58. The van der Waals surface area contributed by atoms with Crippen molar-refractivity contribution in [3.63, 3.8) is 0 Å². The van der Waals surface area contributed by atoms with Crippen molar-refractivity contribution in [1.82, 2.24) is 4.90 Å². The van der Waals surface area contributed by atoms with Crippen LogP contribution in [0.3, 0.4) is 0 Å². The highest BCUT2D eigenvalue weighted by atomic mass is 15.1. The Balaban J connectivity index is 1.80. The number of aryl methyl sites for hydroxylation is 1. The number of hydrogen-bond acceptors (Lipinski definition) is 1. The molecule has 1 heteroatoms. The van der Waals surface area contributed by atoms with Gasteiger partial charge in [0.1, 0.15) is 0 Å². The summed E-state index contributed by atoms with van der Waals surface area (Å²) in [6.07, 6.45) is 2.72. The smallest absolute Gasteiger partial charge is 0.0233 e. The van der Waals surface area contributed by atoms with Crippen molar-refractivity contribution in [2.45, 2.75) is 26.3 Å². The molecule has 1 saturated heterocycles. The molecule has 19 heavy (non-hydrogen) atoms. The molecule has 1 nitrogen and oxygen atoms in total. The van der Waals surface area contributed by atoms with Gasteiger partial charge in [-0.1, -0.05) is 48.0 Å². The first-order valence-corrected chi connectivity index (χ1v) is 7.19. The van der Waals surface area contributed by atoms with Gasteiger partial charge in [-0.05, 0) is 55.6 Å². The summed E-state index contributed by atoms with van der Waals surface area (Å²) in [4.78, 5) is 2.55. The quantitative estimate of drug-likeness (QED) is 0.788. The Morgan fingerprint density at radius 2 is 1.63 bits per heavy atom. The Kier molecular flexibility index (Phi) is 3.65. The van der Waals surface area contributed by atoms with Crippen LogP contribution in [0.2, 0.25) is 0 Å². The molecule has 1 heterocycles. The number of likely N-dealkylation sites (tertiary alicyclic amines) is 1. The highest BCUT2D eigenvalue weighted by Crippen LogP contribution is 2.22. The first-order chi connectivity index (χ1) is 9.31. The first kappa shape index (κ1) is 12.4. The van der Waals surface area contributed by atoms with Crippen LogP contribution in [0.25, 0.3) is 11.1 Å². The molecule has 1 fully saturated rings. The average Bonchev–Trinajstić information content (AvgIpc) is 2.93. The Labute approximate surface area is 115 Å². The van der Waals surface area contributed by atoms with Crippen molar-refractivity contribution in [3.8, 4) is 11.1 Å². The Hall–Kier alpha value is -1.60. The molecular formula is C18H21N. The zero-order valence-corrected chi connectivity index (χ0v) is 11.6. The van der Waals surface area contributed by atoms with Crippen molar-refractivity contribution in [3.05, 3.63) is 59.7 Å². The van der Waals surface area contributed by atoms with Crippen molar-refractivity contribution >= 4 is 0 Å². The summed E-state index contributed by atoms with van der Waals surface area (Å²) in [6, 6.07) is 17.8. The van der Waals surface area contributed by atoms with E-state index in [9.17, 15) is 0 Å². The van der Waals surface area contributed by atoms with Crippen LogP contribution < -0.4 is 0 Å². The molecule has 1 aliphatic rings. The van der Waals surface area contributed by atoms with E-state index in [4.69, 9.17) is 0 Å². The minimum atomic E-state index is 1.10. The van der Waals surface area contributed by atoms with Crippen molar-refractivity contribution in [2.75, 3.05) is 13.1 Å². The van der Waals surface area contributed by atoms with Crippen LogP contribution in [-0.4, -0.2) is 18.0 Å². The summed E-state index contributed by atoms with van der Waals surface area (Å²) in [5, 5.41) is 0. The fraction of sp³-hybridized carbons (Fsp3) is 0.333. The summed E-state index contributed by atoms with van der Waals surface area (Å²) in [7, 11) is 0. The van der Waals surface area contributed by atoms with Crippen LogP contribution in [-0.2, 0) is 6.54 Å². The van der Waals surface area contributed by atoms with Gasteiger partial charge in [-0.3, -0.25) is 4.90 Å². The van der Waals surface area contributed by atoms with Gasteiger partial charge in [-0.25, -0.2) is 0 Å². The van der Waals surface area contributed by atoms with Gasteiger partial charge < -0.3 is 0 Å². The molecule has 98 valence electrons. The SMILES string of the molecule is Cc1ccc(-c2cccc(CN3CCCC3)c2)cc1. The molecule has 1 aliphatic heterocycles. The van der Waals surface area contributed by atoms with E-state index in [0.29, 0.717) is 0 Å². The predicted octanol–water partition coefficient (Wildman–Crippen LogP) is 4.26. The maximum absolute atomic E-state index is 2.55. The molecule has 2 aromatic rings. The summed E-state index contributed by atoms with van der Waals surface area (Å²) in [5.41, 5.74) is 5.39. The zero-order chi connectivity index (χ0) is 13.1. The van der Waals surface area contributed by atoms with Gasteiger partial charge in [0.05, 0.1) is 0 Å². The van der Waals surface area contributed by atoms with E-state index in [1.807, 2.05) is 0 Å². The van der Waals surface area contributed by atoms with Crippen molar-refractivity contribution in [1.29, 1.82) is 0 Å². The molecule has 0 aliphatic carbocycles. The Morgan fingerprint density at radius 3 is 2.37 bits per heavy atom. The van der Waals surface area contributed by atoms with E-state index in [0.717, 1.165) is 6.54 Å². The minimum Gasteiger partial charge on any atom is -0.299 e. The van der Waals surface area contributed by atoms with Crippen molar-refractivity contribution < 1.29 is 0 Å². The molecule has 0 spiro atoms. The molecule has 2 aromatic carbocycles. The fourth-order valence-electron chi connectivity index (χ4n) is 2.79. The number of rotatable bonds is 3. The first-order valence-electron chi connectivity index (χ1n) is 7.19. The number of benzene rings is 2. The lowest BCUT2D eigenvalue weighted by Crippen LogP contribution is -2.18. The molecule has 0 saturated carbocycles. The average molecular weight is 251 g/mol. The van der Waals surface area contributed by atoms with E-state index < -0.39 is 0 Å². The fourth-order valence-corrected chi connectivity index (χ4v) is 2.79. The van der Waals surface area contributed by atoms with Crippen molar-refractivity contribution in [2.24, 2.45) is 0 Å². The molecular weight excluding hydrogens is 230 g/mol. The summed E-state index contributed by atoms with van der Waals surface area (Å²) >= 11 is 0. The van der Waals surface area contributed by atoms with E-state index in [2.05, 4.69) is 60.4 Å². The molecule has 0 unspecified atom stereocenters. The van der Waals surface area contributed by atoms with E-state index in [1.54, 1.807) is 0 Å².